The number of nitrogens with zero attached hydrogens (tertiary/aromatic N) is 3. The van der Waals surface area contributed by atoms with E-state index in [0.717, 1.165) is 30.5 Å². The average molecular weight is 422 g/mol. The number of carbonyl (C=O) groups is 1. The van der Waals surface area contributed by atoms with Gasteiger partial charge < -0.3 is 4.90 Å². The van der Waals surface area contributed by atoms with Gasteiger partial charge >= 0.3 is 0 Å². The van der Waals surface area contributed by atoms with Crippen molar-refractivity contribution >= 4 is 28.6 Å². The smallest absolute Gasteiger partial charge is 0.266 e. The Hall–Kier alpha value is -2.60. The summed E-state index contributed by atoms with van der Waals surface area (Å²) in [5, 5.41) is 1.13. The molecule has 3 aromatic rings. The fourth-order valence-corrected chi connectivity index (χ4v) is 5.22. The number of thioether (sulfide) groups is 1. The topological polar surface area (TPSA) is 55.2 Å². The minimum absolute atomic E-state index is 0.107. The molecule has 2 heterocycles. The molecule has 0 bridgehead atoms. The maximum atomic E-state index is 13.4. The van der Waals surface area contributed by atoms with Crippen LogP contribution in [0, 0.1) is 6.92 Å². The number of likely N-dealkylation sites (tertiary alicyclic amines) is 1. The first-order valence-electron chi connectivity index (χ1n) is 10.5. The standard InChI is InChI=1S/C24H27N3O2S/c1-16-9-4-7-14-21(16)27-23(29)19-12-5-6-13-20(19)25-24(27)30-15-22(28)26-17(2)10-8-11-18(26)3/h4-7,9,12-14,17-18H,8,10-11,15H2,1-3H3/t17-,18-/m0/s1. The first-order valence-corrected chi connectivity index (χ1v) is 11.5. The van der Waals surface area contributed by atoms with E-state index in [-0.39, 0.29) is 29.3 Å². The highest BCUT2D eigenvalue weighted by atomic mass is 32.2. The Kier molecular flexibility index (Phi) is 5.95. The lowest BCUT2D eigenvalue weighted by Crippen LogP contribution is -2.48. The van der Waals surface area contributed by atoms with Gasteiger partial charge in [0.1, 0.15) is 0 Å². The second-order valence-electron chi connectivity index (χ2n) is 8.06. The molecule has 0 saturated carbocycles. The zero-order chi connectivity index (χ0) is 21.3. The van der Waals surface area contributed by atoms with E-state index in [2.05, 4.69) is 13.8 Å². The third-order valence-corrected chi connectivity index (χ3v) is 6.83. The third-order valence-electron chi connectivity index (χ3n) is 5.91. The molecule has 0 N–H and O–H groups in total. The van der Waals surface area contributed by atoms with E-state index in [1.54, 1.807) is 10.6 Å². The molecule has 1 saturated heterocycles. The zero-order valence-electron chi connectivity index (χ0n) is 17.7. The van der Waals surface area contributed by atoms with E-state index in [1.807, 2.05) is 54.3 Å². The van der Waals surface area contributed by atoms with Crippen molar-refractivity contribution in [1.29, 1.82) is 0 Å². The van der Waals surface area contributed by atoms with Crippen LogP contribution in [0.1, 0.15) is 38.7 Å². The maximum absolute atomic E-state index is 13.4. The first kappa shape index (κ1) is 20.7. The Bertz CT molecular complexity index is 1130. The first-order chi connectivity index (χ1) is 14.5. The van der Waals surface area contributed by atoms with Crippen molar-refractivity contribution in [1.82, 2.24) is 14.5 Å². The van der Waals surface area contributed by atoms with E-state index in [9.17, 15) is 9.59 Å². The molecule has 4 rings (SSSR count). The minimum atomic E-state index is -0.107. The van der Waals surface area contributed by atoms with Gasteiger partial charge in [-0.15, -0.1) is 0 Å². The third kappa shape index (κ3) is 3.88. The number of aryl methyl sites for hydroxylation is 1. The molecule has 2 atom stereocenters. The largest absolute Gasteiger partial charge is 0.337 e. The van der Waals surface area contributed by atoms with Gasteiger partial charge in [0, 0.05) is 12.1 Å². The summed E-state index contributed by atoms with van der Waals surface area (Å²) in [6.07, 6.45) is 3.25. The molecular formula is C24H27N3O2S. The highest BCUT2D eigenvalue weighted by molar-refractivity contribution is 7.99. The number of rotatable bonds is 4. The number of para-hydroxylation sites is 2. The van der Waals surface area contributed by atoms with Gasteiger partial charge in [-0.05, 0) is 63.8 Å². The molecule has 1 fully saturated rings. The summed E-state index contributed by atoms with van der Waals surface area (Å²) in [5.74, 6) is 0.379. The molecule has 1 aliphatic heterocycles. The number of fused-ring (bicyclic) bond motifs is 1. The highest BCUT2D eigenvalue weighted by Crippen LogP contribution is 2.27. The van der Waals surface area contributed by atoms with Crippen molar-refractivity contribution in [2.45, 2.75) is 57.3 Å². The van der Waals surface area contributed by atoms with Gasteiger partial charge in [-0.2, -0.15) is 0 Å². The summed E-state index contributed by atoms with van der Waals surface area (Å²) in [6, 6.07) is 15.7. The van der Waals surface area contributed by atoms with E-state index in [4.69, 9.17) is 4.98 Å². The van der Waals surface area contributed by atoms with Crippen molar-refractivity contribution in [3.05, 3.63) is 64.4 Å². The lowest BCUT2D eigenvalue weighted by atomic mass is 9.98. The van der Waals surface area contributed by atoms with Crippen LogP contribution in [0.3, 0.4) is 0 Å². The summed E-state index contributed by atoms with van der Waals surface area (Å²) in [6.45, 7) is 6.22. The van der Waals surface area contributed by atoms with E-state index in [0.29, 0.717) is 16.1 Å². The molecule has 5 nitrogen and oxygen atoms in total. The molecule has 0 radical (unpaired) electrons. The molecule has 0 spiro atoms. The molecule has 1 aliphatic rings. The minimum Gasteiger partial charge on any atom is -0.337 e. The van der Waals surface area contributed by atoms with Crippen LogP contribution >= 0.6 is 11.8 Å². The summed E-state index contributed by atoms with van der Waals surface area (Å²) >= 11 is 1.35. The number of piperidine rings is 1. The Morgan fingerprint density at radius 1 is 1.07 bits per heavy atom. The number of benzene rings is 2. The van der Waals surface area contributed by atoms with Gasteiger partial charge in [0.25, 0.3) is 5.56 Å². The van der Waals surface area contributed by atoms with Gasteiger partial charge in [0.05, 0.1) is 22.3 Å². The number of amides is 1. The molecule has 1 aromatic heterocycles. The molecule has 0 unspecified atom stereocenters. The Labute approximate surface area is 181 Å². The molecule has 1 amide bonds. The quantitative estimate of drug-likeness (QED) is 0.457. The van der Waals surface area contributed by atoms with E-state index >= 15 is 0 Å². The van der Waals surface area contributed by atoms with Crippen LogP contribution in [0.4, 0.5) is 0 Å². The molecular weight excluding hydrogens is 394 g/mol. The molecule has 30 heavy (non-hydrogen) atoms. The van der Waals surface area contributed by atoms with Crippen LogP contribution in [0.2, 0.25) is 0 Å². The van der Waals surface area contributed by atoms with E-state index < -0.39 is 0 Å². The van der Waals surface area contributed by atoms with Crippen molar-refractivity contribution in [2.24, 2.45) is 0 Å². The van der Waals surface area contributed by atoms with Crippen LogP contribution in [0.15, 0.2) is 58.5 Å². The number of aromatic nitrogens is 2. The predicted molar refractivity (Wildman–Crippen MR) is 122 cm³/mol. The van der Waals surface area contributed by atoms with Crippen molar-refractivity contribution < 1.29 is 4.79 Å². The van der Waals surface area contributed by atoms with Gasteiger partial charge in [-0.25, -0.2) is 4.98 Å². The summed E-state index contributed by atoms with van der Waals surface area (Å²) in [7, 11) is 0. The predicted octanol–water partition coefficient (Wildman–Crippen LogP) is 4.58. The maximum Gasteiger partial charge on any atom is 0.266 e. The second-order valence-corrected chi connectivity index (χ2v) is 9.00. The Balaban J connectivity index is 1.73. The molecule has 2 aromatic carbocycles. The zero-order valence-corrected chi connectivity index (χ0v) is 18.5. The normalized spacial score (nSPS) is 19.2. The Morgan fingerprint density at radius 3 is 2.47 bits per heavy atom. The van der Waals surface area contributed by atoms with Crippen molar-refractivity contribution in [3.8, 4) is 5.69 Å². The summed E-state index contributed by atoms with van der Waals surface area (Å²) in [5.41, 5.74) is 2.34. The second kappa shape index (κ2) is 8.64. The van der Waals surface area contributed by atoms with Gasteiger partial charge in [-0.1, -0.05) is 42.1 Å². The van der Waals surface area contributed by atoms with Crippen LogP contribution in [0.25, 0.3) is 16.6 Å². The number of hydrogen-bond donors (Lipinski definition) is 0. The number of hydrogen-bond acceptors (Lipinski definition) is 4. The fourth-order valence-electron chi connectivity index (χ4n) is 4.35. The van der Waals surface area contributed by atoms with Crippen LogP contribution in [-0.2, 0) is 4.79 Å². The molecule has 0 aliphatic carbocycles. The van der Waals surface area contributed by atoms with Gasteiger partial charge in [0.15, 0.2) is 5.16 Å². The Morgan fingerprint density at radius 2 is 1.73 bits per heavy atom. The molecule has 156 valence electrons. The van der Waals surface area contributed by atoms with Crippen molar-refractivity contribution in [3.63, 3.8) is 0 Å². The SMILES string of the molecule is Cc1ccccc1-n1c(SCC(=O)N2[C@@H](C)CCC[C@@H]2C)nc2ccccc2c1=O. The van der Waals surface area contributed by atoms with Crippen LogP contribution in [0.5, 0.6) is 0 Å². The number of carbonyl (C=O) groups excluding carboxylic acids is 1. The average Bonchev–Trinajstić information content (AvgIpc) is 2.73. The van der Waals surface area contributed by atoms with Crippen LogP contribution < -0.4 is 5.56 Å². The van der Waals surface area contributed by atoms with Gasteiger partial charge in [0.2, 0.25) is 5.91 Å². The monoisotopic (exact) mass is 421 g/mol. The van der Waals surface area contributed by atoms with Crippen molar-refractivity contribution in [2.75, 3.05) is 5.75 Å². The van der Waals surface area contributed by atoms with Crippen LogP contribution in [-0.4, -0.2) is 38.2 Å². The lowest BCUT2D eigenvalue weighted by molar-refractivity contribution is -0.134. The highest BCUT2D eigenvalue weighted by Gasteiger charge is 2.29. The van der Waals surface area contributed by atoms with E-state index in [1.165, 1.54) is 11.8 Å². The molecule has 6 heteroatoms. The summed E-state index contributed by atoms with van der Waals surface area (Å²) in [4.78, 5) is 33.2. The van der Waals surface area contributed by atoms with Gasteiger partial charge in [-0.3, -0.25) is 14.2 Å². The fraction of sp³-hybridized carbons (Fsp3) is 0.375. The lowest BCUT2D eigenvalue weighted by Gasteiger charge is -2.39. The summed E-state index contributed by atoms with van der Waals surface area (Å²) < 4.78 is 1.65.